The molecule has 0 bridgehead atoms. The van der Waals surface area contributed by atoms with Gasteiger partial charge in [-0.15, -0.1) is 11.6 Å². The predicted octanol–water partition coefficient (Wildman–Crippen LogP) is 0.359. The summed E-state index contributed by atoms with van der Waals surface area (Å²) in [6.45, 7) is 0.319. The minimum absolute atomic E-state index is 0.0623. The molecule has 1 saturated heterocycles. The van der Waals surface area contributed by atoms with E-state index in [4.69, 9.17) is 29.6 Å². The van der Waals surface area contributed by atoms with Crippen LogP contribution in [0.4, 0.5) is 11.5 Å². The summed E-state index contributed by atoms with van der Waals surface area (Å²) in [5.41, 5.74) is 5.01. The Morgan fingerprint density at radius 2 is 2.12 bits per heavy atom. The third-order valence-electron chi connectivity index (χ3n) is 2.31. The molecule has 86 valence electrons. The number of aromatic amines is 2. The molecule has 1 atom stereocenters. The Kier molecular flexibility index (Phi) is 2.73. The maximum atomic E-state index is 11.6. The van der Waals surface area contributed by atoms with Gasteiger partial charge in [-0.25, -0.2) is 0 Å². The fourth-order valence-corrected chi connectivity index (χ4v) is 2.04. The van der Waals surface area contributed by atoms with Gasteiger partial charge in [0.05, 0.1) is 5.38 Å². The van der Waals surface area contributed by atoms with Crippen LogP contribution in [0.3, 0.4) is 0 Å². The minimum Gasteiger partial charge on any atom is -0.391 e. The lowest BCUT2D eigenvalue weighted by atomic mass is 10.4. The molecule has 4 N–H and O–H groups in total. The highest BCUT2D eigenvalue weighted by molar-refractivity contribution is 7.71. The molecule has 1 aliphatic rings. The van der Waals surface area contributed by atoms with E-state index in [0.29, 0.717) is 6.54 Å². The lowest BCUT2D eigenvalue weighted by Crippen LogP contribution is -2.29. The Bertz CT molecular complexity index is 552. The number of nitrogens with one attached hydrogen (secondary N) is 2. The highest BCUT2D eigenvalue weighted by atomic mass is 35.5. The van der Waals surface area contributed by atoms with Crippen LogP contribution in [0.1, 0.15) is 6.42 Å². The van der Waals surface area contributed by atoms with Gasteiger partial charge in [-0.1, -0.05) is 0 Å². The number of nitrogen functional groups attached to an aromatic ring is 1. The fraction of sp³-hybridized carbons (Fsp3) is 0.375. The summed E-state index contributed by atoms with van der Waals surface area (Å²) in [6.07, 6.45) is 0.231. The van der Waals surface area contributed by atoms with Crippen molar-refractivity contribution in [3.8, 4) is 0 Å². The Hall–Kier alpha value is -1.34. The largest absolute Gasteiger partial charge is 0.391 e. The maximum absolute atomic E-state index is 11.6. The summed E-state index contributed by atoms with van der Waals surface area (Å²) < 4.78 is 0.125. The average molecular weight is 261 g/mol. The van der Waals surface area contributed by atoms with Gasteiger partial charge in [-0.3, -0.25) is 19.5 Å². The van der Waals surface area contributed by atoms with Crippen LogP contribution in [0.15, 0.2) is 4.79 Å². The van der Waals surface area contributed by atoms with Crippen molar-refractivity contribution in [1.82, 2.24) is 9.97 Å². The number of amides is 1. The zero-order valence-electron chi connectivity index (χ0n) is 8.12. The molecule has 0 radical (unpaired) electrons. The van der Waals surface area contributed by atoms with Crippen LogP contribution in [0.25, 0.3) is 0 Å². The molecular weight excluding hydrogens is 252 g/mol. The number of carbonyl (C=O) groups is 1. The number of hydrogen-bond acceptors (Lipinski definition) is 4. The van der Waals surface area contributed by atoms with E-state index in [2.05, 4.69) is 9.97 Å². The van der Waals surface area contributed by atoms with Crippen molar-refractivity contribution in [3.63, 3.8) is 0 Å². The number of carbonyl (C=O) groups excluding carboxylic acids is 1. The molecule has 1 amide bonds. The Balaban J connectivity index is 2.53. The lowest BCUT2D eigenvalue weighted by molar-refractivity contribution is -0.117. The zero-order valence-corrected chi connectivity index (χ0v) is 9.69. The number of hydrogen-bond donors (Lipinski definition) is 3. The van der Waals surface area contributed by atoms with Gasteiger partial charge in [0.2, 0.25) is 5.91 Å². The second-order valence-corrected chi connectivity index (χ2v) is 4.50. The Labute approximate surface area is 100 Å². The van der Waals surface area contributed by atoms with Crippen molar-refractivity contribution in [2.75, 3.05) is 17.2 Å². The van der Waals surface area contributed by atoms with Gasteiger partial charge < -0.3 is 10.7 Å². The summed E-state index contributed by atoms with van der Waals surface area (Å²) in [7, 11) is 0. The highest BCUT2D eigenvalue weighted by Gasteiger charge is 2.31. The van der Waals surface area contributed by atoms with E-state index in [0.717, 1.165) is 0 Å². The van der Waals surface area contributed by atoms with Crippen LogP contribution < -0.4 is 16.2 Å². The molecule has 1 aromatic rings. The molecule has 1 unspecified atom stereocenters. The number of halogens is 1. The third kappa shape index (κ3) is 1.83. The first kappa shape index (κ1) is 11.2. The first-order valence-corrected chi connectivity index (χ1v) is 5.40. The van der Waals surface area contributed by atoms with E-state index in [9.17, 15) is 9.59 Å². The Morgan fingerprint density at radius 1 is 1.44 bits per heavy atom. The zero-order chi connectivity index (χ0) is 11.9. The number of aromatic nitrogens is 2. The SMILES string of the molecule is Nc1c(N2CC(Cl)CC2=O)[nH]c(=S)[nH]c1=O. The van der Waals surface area contributed by atoms with E-state index < -0.39 is 5.56 Å². The van der Waals surface area contributed by atoms with E-state index in [-0.39, 0.29) is 34.0 Å². The van der Waals surface area contributed by atoms with Gasteiger partial charge in [0.25, 0.3) is 5.56 Å². The van der Waals surface area contributed by atoms with Gasteiger partial charge in [-0.05, 0) is 12.2 Å². The standard InChI is InChI=1S/C8H9ClN4O2S/c9-3-1-4(14)13(2-3)6-5(10)7(15)12-8(16)11-6/h3H,1-2,10H2,(H2,11,12,15,16). The molecular formula is C8H9ClN4O2S. The Morgan fingerprint density at radius 3 is 2.69 bits per heavy atom. The number of H-pyrrole nitrogens is 2. The molecule has 1 fully saturated rings. The summed E-state index contributed by atoms with van der Waals surface area (Å²) >= 11 is 10.7. The second kappa shape index (κ2) is 3.91. The van der Waals surface area contributed by atoms with Crippen molar-refractivity contribution >= 4 is 41.2 Å². The summed E-state index contributed by atoms with van der Waals surface area (Å²) in [6, 6.07) is 0. The van der Waals surface area contributed by atoms with Crippen LogP contribution in [0, 0.1) is 4.77 Å². The maximum Gasteiger partial charge on any atom is 0.277 e. The van der Waals surface area contributed by atoms with Crippen molar-refractivity contribution in [2.45, 2.75) is 11.8 Å². The van der Waals surface area contributed by atoms with Gasteiger partial charge in [0, 0.05) is 13.0 Å². The normalized spacial score (nSPS) is 20.4. The summed E-state index contributed by atoms with van der Waals surface area (Å²) in [5, 5.41) is -0.270. The van der Waals surface area contributed by atoms with Crippen molar-refractivity contribution < 1.29 is 4.79 Å². The third-order valence-corrected chi connectivity index (χ3v) is 2.80. The van der Waals surface area contributed by atoms with E-state index >= 15 is 0 Å². The van der Waals surface area contributed by atoms with Crippen molar-refractivity contribution in [1.29, 1.82) is 0 Å². The second-order valence-electron chi connectivity index (χ2n) is 3.48. The monoisotopic (exact) mass is 260 g/mol. The molecule has 0 aliphatic carbocycles. The molecule has 0 spiro atoms. The molecule has 0 aromatic carbocycles. The average Bonchev–Trinajstić information content (AvgIpc) is 2.51. The van der Waals surface area contributed by atoms with Gasteiger partial charge in [0.1, 0.15) is 11.5 Å². The minimum atomic E-state index is -0.510. The predicted molar refractivity (Wildman–Crippen MR) is 63.3 cm³/mol. The van der Waals surface area contributed by atoms with Crippen molar-refractivity contribution in [2.24, 2.45) is 0 Å². The van der Waals surface area contributed by atoms with Crippen LogP contribution in [0.5, 0.6) is 0 Å². The van der Waals surface area contributed by atoms with Crippen LogP contribution in [-0.2, 0) is 4.79 Å². The van der Waals surface area contributed by atoms with Gasteiger partial charge in [-0.2, -0.15) is 0 Å². The molecule has 8 heteroatoms. The molecule has 2 heterocycles. The summed E-state index contributed by atoms with van der Waals surface area (Å²) in [4.78, 5) is 29.3. The van der Waals surface area contributed by atoms with Gasteiger partial charge in [0.15, 0.2) is 4.77 Å². The van der Waals surface area contributed by atoms with Crippen LogP contribution in [0.2, 0.25) is 0 Å². The number of nitrogens with two attached hydrogens (primary N) is 1. The molecule has 6 nitrogen and oxygen atoms in total. The number of nitrogens with zero attached hydrogens (tertiary/aromatic N) is 1. The first-order valence-electron chi connectivity index (χ1n) is 4.55. The molecule has 0 saturated carbocycles. The molecule has 16 heavy (non-hydrogen) atoms. The molecule has 2 rings (SSSR count). The van der Waals surface area contributed by atoms with Gasteiger partial charge >= 0.3 is 0 Å². The van der Waals surface area contributed by atoms with E-state index in [1.807, 2.05) is 0 Å². The number of anilines is 2. The first-order chi connectivity index (χ1) is 7.49. The highest BCUT2D eigenvalue weighted by Crippen LogP contribution is 2.24. The number of alkyl halides is 1. The topological polar surface area (TPSA) is 95.0 Å². The van der Waals surface area contributed by atoms with E-state index in [1.165, 1.54) is 4.90 Å². The summed E-state index contributed by atoms with van der Waals surface area (Å²) in [5.74, 6) is 0.0462. The number of rotatable bonds is 1. The quantitative estimate of drug-likeness (QED) is 0.502. The molecule has 1 aromatic heterocycles. The van der Waals surface area contributed by atoms with Crippen LogP contribution >= 0.6 is 23.8 Å². The molecule has 1 aliphatic heterocycles. The fourth-order valence-electron chi connectivity index (χ4n) is 1.58. The van der Waals surface area contributed by atoms with E-state index in [1.54, 1.807) is 0 Å². The lowest BCUT2D eigenvalue weighted by Gasteiger charge is -2.16. The van der Waals surface area contributed by atoms with Crippen molar-refractivity contribution in [3.05, 3.63) is 15.1 Å². The van der Waals surface area contributed by atoms with Crippen LogP contribution in [-0.4, -0.2) is 27.8 Å². The smallest absolute Gasteiger partial charge is 0.277 e.